The largest absolute Gasteiger partial charge is 0.466 e. The SMILES string of the molecule is CCOC(=O)Cc1csc(NC(=O)N[C@@H]2CC(=O)N(c3ccc(F)cc3)C2)n1. The Morgan fingerprint density at radius 1 is 1.36 bits per heavy atom. The lowest BCUT2D eigenvalue weighted by molar-refractivity contribution is -0.142. The maximum absolute atomic E-state index is 13.0. The quantitative estimate of drug-likeness (QED) is 0.717. The van der Waals surface area contributed by atoms with Gasteiger partial charge in [-0.2, -0.15) is 0 Å². The molecule has 10 heteroatoms. The lowest BCUT2D eigenvalue weighted by Gasteiger charge is -2.17. The van der Waals surface area contributed by atoms with E-state index in [1.54, 1.807) is 12.3 Å². The fraction of sp³-hybridized carbons (Fsp3) is 0.333. The number of halogens is 1. The molecule has 3 amide bonds. The van der Waals surface area contributed by atoms with Crippen molar-refractivity contribution in [3.8, 4) is 0 Å². The molecule has 1 fully saturated rings. The molecule has 0 radical (unpaired) electrons. The van der Waals surface area contributed by atoms with E-state index in [0.29, 0.717) is 29.7 Å². The molecule has 1 aliphatic heterocycles. The Hall–Kier alpha value is -3.01. The van der Waals surface area contributed by atoms with Crippen LogP contribution in [0.4, 0.5) is 20.0 Å². The number of urea groups is 1. The number of thiazole rings is 1. The van der Waals surface area contributed by atoms with Crippen LogP contribution < -0.4 is 15.5 Å². The zero-order chi connectivity index (χ0) is 20.1. The minimum Gasteiger partial charge on any atom is -0.466 e. The number of hydrogen-bond donors (Lipinski definition) is 2. The minimum atomic E-state index is -0.490. The first-order valence-electron chi connectivity index (χ1n) is 8.68. The number of nitrogens with zero attached hydrogens (tertiary/aromatic N) is 2. The van der Waals surface area contributed by atoms with Gasteiger partial charge in [0.15, 0.2) is 5.13 Å². The fourth-order valence-electron chi connectivity index (χ4n) is 2.80. The summed E-state index contributed by atoms with van der Waals surface area (Å²) in [4.78, 5) is 41.5. The summed E-state index contributed by atoms with van der Waals surface area (Å²) in [6.07, 6.45) is 0.189. The highest BCUT2D eigenvalue weighted by atomic mass is 32.1. The number of hydrogen-bond acceptors (Lipinski definition) is 6. The number of ether oxygens (including phenoxy) is 1. The van der Waals surface area contributed by atoms with Gasteiger partial charge in [-0.3, -0.25) is 14.9 Å². The topological polar surface area (TPSA) is 101 Å². The average Bonchev–Trinajstić information content (AvgIpc) is 3.22. The van der Waals surface area contributed by atoms with E-state index in [0.717, 1.165) is 0 Å². The highest BCUT2D eigenvalue weighted by Gasteiger charge is 2.31. The average molecular weight is 406 g/mol. The Balaban J connectivity index is 1.51. The van der Waals surface area contributed by atoms with Crippen molar-refractivity contribution in [3.05, 3.63) is 41.2 Å². The van der Waals surface area contributed by atoms with Crippen LogP contribution in [0.25, 0.3) is 0 Å². The van der Waals surface area contributed by atoms with Crippen LogP contribution in [0.3, 0.4) is 0 Å². The van der Waals surface area contributed by atoms with Crippen LogP contribution in [-0.2, 0) is 20.7 Å². The molecule has 0 saturated carbocycles. The first-order chi connectivity index (χ1) is 13.4. The molecule has 8 nitrogen and oxygen atoms in total. The lowest BCUT2D eigenvalue weighted by atomic mass is 10.2. The Morgan fingerprint density at radius 2 is 2.11 bits per heavy atom. The van der Waals surface area contributed by atoms with Gasteiger partial charge in [-0.15, -0.1) is 11.3 Å². The van der Waals surface area contributed by atoms with E-state index >= 15 is 0 Å². The molecule has 1 aromatic heterocycles. The number of carbonyl (C=O) groups is 3. The standard InChI is InChI=1S/C18H19FN4O4S/c1-2-27-16(25)8-13-10-28-18(21-13)22-17(26)20-12-7-15(24)23(9-12)14-5-3-11(19)4-6-14/h3-6,10,12H,2,7-9H2,1H3,(H2,20,21,22,26)/t12-/m1/s1. The molecule has 148 valence electrons. The molecule has 0 spiro atoms. The summed E-state index contributed by atoms with van der Waals surface area (Å²) >= 11 is 1.19. The third kappa shape index (κ3) is 5.03. The molecule has 28 heavy (non-hydrogen) atoms. The van der Waals surface area contributed by atoms with Crippen molar-refractivity contribution in [2.75, 3.05) is 23.4 Å². The molecule has 0 bridgehead atoms. The normalized spacial score (nSPS) is 16.1. The van der Waals surface area contributed by atoms with Gasteiger partial charge < -0.3 is 15.0 Å². The zero-order valence-electron chi connectivity index (χ0n) is 15.1. The number of amides is 3. The smallest absolute Gasteiger partial charge is 0.321 e. The second kappa shape index (κ2) is 8.79. The van der Waals surface area contributed by atoms with Gasteiger partial charge in [0.2, 0.25) is 5.91 Å². The van der Waals surface area contributed by atoms with E-state index in [-0.39, 0.29) is 36.6 Å². The fourth-order valence-corrected chi connectivity index (χ4v) is 3.50. The van der Waals surface area contributed by atoms with Crippen molar-refractivity contribution < 1.29 is 23.5 Å². The van der Waals surface area contributed by atoms with Crippen molar-refractivity contribution in [2.45, 2.75) is 25.8 Å². The summed E-state index contributed by atoms with van der Waals surface area (Å²) in [6, 6.07) is 4.75. The van der Waals surface area contributed by atoms with Crippen LogP contribution in [0.15, 0.2) is 29.6 Å². The predicted octanol–water partition coefficient (Wildman–Crippen LogP) is 2.31. The molecule has 1 aliphatic rings. The van der Waals surface area contributed by atoms with E-state index in [4.69, 9.17) is 4.74 Å². The summed E-state index contributed by atoms with van der Waals surface area (Å²) < 4.78 is 17.9. The molecule has 1 saturated heterocycles. The van der Waals surface area contributed by atoms with Gasteiger partial charge in [0, 0.05) is 24.0 Å². The van der Waals surface area contributed by atoms with Gasteiger partial charge in [-0.05, 0) is 31.2 Å². The van der Waals surface area contributed by atoms with Crippen LogP contribution in [0, 0.1) is 5.82 Å². The third-order valence-electron chi connectivity index (χ3n) is 4.00. The van der Waals surface area contributed by atoms with Crippen LogP contribution in [-0.4, -0.2) is 42.1 Å². The molecule has 3 rings (SSSR count). The number of aromatic nitrogens is 1. The van der Waals surface area contributed by atoms with Crippen LogP contribution >= 0.6 is 11.3 Å². The molecule has 0 unspecified atom stereocenters. The van der Waals surface area contributed by atoms with Crippen LogP contribution in [0.5, 0.6) is 0 Å². The summed E-state index contributed by atoms with van der Waals surface area (Å²) in [5.41, 5.74) is 1.09. The molecule has 1 aromatic carbocycles. The van der Waals surface area contributed by atoms with Crippen molar-refractivity contribution in [3.63, 3.8) is 0 Å². The predicted molar refractivity (Wildman–Crippen MR) is 102 cm³/mol. The molecular weight excluding hydrogens is 387 g/mol. The van der Waals surface area contributed by atoms with E-state index in [1.165, 1.54) is 40.5 Å². The first kappa shape index (κ1) is 19.7. The molecule has 2 aromatic rings. The van der Waals surface area contributed by atoms with Gasteiger partial charge in [-0.1, -0.05) is 0 Å². The van der Waals surface area contributed by atoms with Crippen molar-refractivity contribution >= 4 is 40.1 Å². The highest BCUT2D eigenvalue weighted by molar-refractivity contribution is 7.13. The number of anilines is 2. The molecule has 2 N–H and O–H groups in total. The Morgan fingerprint density at radius 3 is 2.82 bits per heavy atom. The highest BCUT2D eigenvalue weighted by Crippen LogP contribution is 2.22. The number of rotatable bonds is 6. The number of carbonyl (C=O) groups excluding carboxylic acids is 3. The van der Waals surface area contributed by atoms with Crippen molar-refractivity contribution in [1.29, 1.82) is 0 Å². The number of esters is 1. The maximum atomic E-state index is 13.0. The number of nitrogens with one attached hydrogen (secondary N) is 2. The Labute approximate surface area is 164 Å². The summed E-state index contributed by atoms with van der Waals surface area (Å²) in [7, 11) is 0. The maximum Gasteiger partial charge on any atom is 0.321 e. The molecule has 2 heterocycles. The summed E-state index contributed by atoms with van der Waals surface area (Å²) in [6.45, 7) is 2.32. The second-order valence-electron chi connectivity index (χ2n) is 6.11. The Kier molecular flexibility index (Phi) is 6.19. The second-order valence-corrected chi connectivity index (χ2v) is 6.96. The third-order valence-corrected chi connectivity index (χ3v) is 4.81. The van der Waals surface area contributed by atoms with Crippen molar-refractivity contribution in [1.82, 2.24) is 10.3 Å². The van der Waals surface area contributed by atoms with Crippen LogP contribution in [0.1, 0.15) is 19.0 Å². The van der Waals surface area contributed by atoms with E-state index in [9.17, 15) is 18.8 Å². The lowest BCUT2D eigenvalue weighted by Crippen LogP contribution is -2.39. The molecule has 0 aliphatic carbocycles. The van der Waals surface area contributed by atoms with E-state index in [1.807, 2.05) is 0 Å². The first-order valence-corrected chi connectivity index (χ1v) is 9.56. The van der Waals surface area contributed by atoms with Crippen LogP contribution in [0.2, 0.25) is 0 Å². The monoisotopic (exact) mass is 406 g/mol. The van der Waals surface area contributed by atoms with E-state index in [2.05, 4.69) is 15.6 Å². The number of benzene rings is 1. The van der Waals surface area contributed by atoms with Gasteiger partial charge in [-0.25, -0.2) is 14.2 Å². The molecule has 1 atom stereocenters. The zero-order valence-corrected chi connectivity index (χ0v) is 15.9. The molecular formula is C18H19FN4O4S. The Bertz CT molecular complexity index is 871. The van der Waals surface area contributed by atoms with Gasteiger partial charge in [0.25, 0.3) is 0 Å². The van der Waals surface area contributed by atoms with Gasteiger partial charge in [0.1, 0.15) is 5.82 Å². The van der Waals surface area contributed by atoms with Crippen molar-refractivity contribution in [2.24, 2.45) is 0 Å². The summed E-state index contributed by atoms with van der Waals surface area (Å²) in [5, 5.41) is 7.34. The van der Waals surface area contributed by atoms with E-state index < -0.39 is 6.03 Å². The summed E-state index contributed by atoms with van der Waals surface area (Å²) in [5.74, 6) is -0.910. The van der Waals surface area contributed by atoms with Gasteiger partial charge in [0.05, 0.1) is 24.8 Å². The minimum absolute atomic E-state index is 0.0391. The van der Waals surface area contributed by atoms with Gasteiger partial charge >= 0.3 is 12.0 Å².